The molecule has 1 aromatic heterocycles. The van der Waals surface area contributed by atoms with Gasteiger partial charge in [-0.05, 0) is 30.3 Å². The number of nitrogens with zero attached hydrogens (tertiary/aromatic N) is 5. The van der Waals surface area contributed by atoms with E-state index in [0.717, 1.165) is 5.69 Å². The maximum atomic E-state index is 13.1. The van der Waals surface area contributed by atoms with Crippen LogP contribution in [0.3, 0.4) is 0 Å². The van der Waals surface area contributed by atoms with Gasteiger partial charge in [-0.3, -0.25) is 4.90 Å². The number of aromatic nitrogens is 2. The normalized spacial score (nSPS) is 14.3. The molecule has 0 unspecified atom stereocenters. The van der Waals surface area contributed by atoms with Gasteiger partial charge in [0.1, 0.15) is 5.71 Å². The van der Waals surface area contributed by atoms with E-state index < -0.39 is 0 Å². The Kier molecular flexibility index (Phi) is 4.03. The van der Waals surface area contributed by atoms with Gasteiger partial charge in [0.25, 0.3) is 0 Å². The predicted molar refractivity (Wildman–Crippen MR) is 101 cm³/mol. The van der Waals surface area contributed by atoms with E-state index in [-0.39, 0.29) is 12.6 Å². The average molecular weight is 344 g/mol. The molecular weight excluding hydrogens is 328 g/mol. The second-order valence-corrected chi connectivity index (χ2v) is 5.69. The lowest BCUT2D eigenvalue weighted by Gasteiger charge is -2.33. The minimum atomic E-state index is -0.284. The zero-order chi connectivity index (χ0) is 17.9. The number of nitrogens with two attached hydrogens (primary N) is 1. The Balaban J connectivity index is 1.83. The Bertz CT molecular complexity index is 958. The molecule has 2 heterocycles. The molecule has 2 aromatic carbocycles. The van der Waals surface area contributed by atoms with E-state index in [1.165, 1.54) is 5.01 Å². The first-order valence-electron chi connectivity index (χ1n) is 8.10. The Labute approximate surface area is 150 Å². The molecule has 0 saturated heterocycles. The summed E-state index contributed by atoms with van der Waals surface area (Å²) in [5.41, 5.74) is 8.40. The van der Waals surface area contributed by atoms with Crippen molar-refractivity contribution in [2.24, 2.45) is 5.10 Å². The highest BCUT2D eigenvalue weighted by molar-refractivity contribution is 6.15. The lowest BCUT2D eigenvalue weighted by Crippen LogP contribution is -2.49. The molecule has 0 aliphatic carbocycles. The van der Waals surface area contributed by atoms with Crippen LogP contribution in [0.4, 0.5) is 21.9 Å². The fraction of sp³-hybridized carbons (Fsp3) is 0.0526. The van der Waals surface area contributed by atoms with Crippen LogP contribution in [-0.4, -0.2) is 28.3 Å². The minimum absolute atomic E-state index is 0.274. The topological polar surface area (TPSA) is 87.7 Å². The smallest absolute Gasteiger partial charge is 0.350 e. The van der Waals surface area contributed by atoms with Gasteiger partial charge in [-0.15, -0.1) is 0 Å². The largest absolute Gasteiger partial charge is 0.397 e. The van der Waals surface area contributed by atoms with Gasteiger partial charge in [-0.25, -0.2) is 14.8 Å². The van der Waals surface area contributed by atoms with Crippen LogP contribution < -0.4 is 15.6 Å². The number of nitrogen functional groups attached to an aromatic ring is 1. The monoisotopic (exact) mass is 344 g/mol. The van der Waals surface area contributed by atoms with E-state index in [2.05, 4.69) is 15.1 Å². The molecule has 1 aliphatic rings. The molecule has 7 heteroatoms. The number of hydrogen-bond acceptors (Lipinski definition) is 5. The molecule has 2 N–H and O–H groups in total. The van der Waals surface area contributed by atoms with Gasteiger partial charge in [0, 0.05) is 18.1 Å². The van der Waals surface area contributed by atoms with Crippen LogP contribution in [0.2, 0.25) is 0 Å². The van der Waals surface area contributed by atoms with Gasteiger partial charge in [-0.2, -0.15) is 10.1 Å². The van der Waals surface area contributed by atoms with Crippen molar-refractivity contribution in [3.8, 4) is 0 Å². The predicted octanol–water partition coefficient (Wildman–Crippen LogP) is 2.91. The lowest BCUT2D eigenvalue weighted by molar-refractivity contribution is 0.251. The van der Waals surface area contributed by atoms with Crippen molar-refractivity contribution in [1.82, 2.24) is 9.97 Å². The lowest BCUT2D eigenvalue weighted by atomic mass is 10.2. The third kappa shape index (κ3) is 2.86. The molecule has 7 nitrogen and oxygen atoms in total. The molecule has 128 valence electrons. The maximum absolute atomic E-state index is 13.1. The third-order valence-corrected chi connectivity index (χ3v) is 4.00. The first kappa shape index (κ1) is 15.8. The summed E-state index contributed by atoms with van der Waals surface area (Å²) in [5.74, 6) is 0.473. The molecule has 0 fully saturated rings. The number of hydrogen-bond donors (Lipinski definition) is 1. The summed E-state index contributed by atoms with van der Waals surface area (Å²) >= 11 is 0. The SMILES string of the molecule is Nc1ccccc1N1N=C(c2ncccn2)CN(c2ccccc2)C1=O. The van der Waals surface area contributed by atoms with Crippen LogP contribution in [-0.2, 0) is 0 Å². The molecule has 0 spiro atoms. The van der Waals surface area contributed by atoms with E-state index in [4.69, 9.17) is 5.73 Å². The van der Waals surface area contributed by atoms with E-state index in [9.17, 15) is 4.79 Å². The quantitative estimate of drug-likeness (QED) is 0.740. The van der Waals surface area contributed by atoms with Gasteiger partial charge in [0.05, 0.1) is 17.9 Å². The van der Waals surface area contributed by atoms with Gasteiger partial charge in [0.2, 0.25) is 0 Å². The summed E-state index contributed by atoms with van der Waals surface area (Å²) in [6.07, 6.45) is 3.30. The highest BCUT2D eigenvalue weighted by atomic mass is 16.2. The zero-order valence-corrected chi connectivity index (χ0v) is 13.9. The fourth-order valence-corrected chi connectivity index (χ4v) is 2.74. The highest BCUT2D eigenvalue weighted by Crippen LogP contribution is 2.28. The van der Waals surface area contributed by atoms with Crippen molar-refractivity contribution >= 4 is 28.8 Å². The van der Waals surface area contributed by atoms with Gasteiger partial charge < -0.3 is 5.73 Å². The van der Waals surface area contributed by atoms with Crippen LogP contribution in [0, 0.1) is 0 Å². The van der Waals surface area contributed by atoms with Crippen LogP contribution in [0.5, 0.6) is 0 Å². The fourth-order valence-electron chi connectivity index (χ4n) is 2.74. The highest BCUT2D eigenvalue weighted by Gasteiger charge is 2.32. The number of carbonyl (C=O) groups is 1. The first-order chi connectivity index (χ1) is 12.7. The number of rotatable bonds is 3. The molecule has 0 radical (unpaired) electrons. The Morgan fingerprint density at radius 2 is 1.58 bits per heavy atom. The van der Waals surface area contributed by atoms with Crippen molar-refractivity contribution in [3.63, 3.8) is 0 Å². The zero-order valence-electron chi connectivity index (χ0n) is 13.9. The van der Waals surface area contributed by atoms with E-state index in [0.29, 0.717) is 22.9 Å². The number of carbonyl (C=O) groups excluding carboxylic acids is 1. The van der Waals surface area contributed by atoms with Gasteiger partial charge in [0.15, 0.2) is 5.82 Å². The van der Waals surface area contributed by atoms with Crippen LogP contribution >= 0.6 is 0 Å². The third-order valence-electron chi connectivity index (χ3n) is 4.00. The molecule has 0 bridgehead atoms. The van der Waals surface area contributed by atoms with Crippen molar-refractivity contribution in [3.05, 3.63) is 78.9 Å². The molecule has 4 rings (SSSR count). The van der Waals surface area contributed by atoms with E-state index >= 15 is 0 Å². The maximum Gasteiger partial charge on any atom is 0.350 e. The van der Waals surface area contributed by atoms with Crippen LogP contribution in [0.15, 0.2) is 78.2 Å². The molecule has 1 aliphatic heterocycles. The second-order valence-electron chi connectivity index (χ2n) is 5.69. The number of hydrazone groups is 1. The van der Waals surface area contributed by atoms with Crippen molar-refractivity contribution in [2.45, 2.75) is 0 Å². The standard InChI is InChI=1S/C19H16N6O/c20-15-9-4-5-10-17(15)25-19(26)24(14-7-2-1-3-8-14)13-16(23-25)18-21-11-6-12-22-18/h1-12H,13,20H2. The Morgan fingerprint density at radius 3 is 2.31 bits per heavy atom. The average Bonchev–Trinajstić information content (AvgIpc) is 2.70. The van der Waals surface area contributed by atoms with E-state index in [1.807, 2.05) is 42.5 Å². The first-order valence-corrected chi connectivity index (χ1v) is 8.10. The summed E-state index contributed by atoms with van der Waals surface area (Å²) in [5, 5.41) is 5.80. The number of benzene rings is 2. The van der Waals surface area contributed by atoms with Crippen LogP contribution in [0.1, 0.15) is 5.82 Å². The second kappa shape index (κ2) is 6.64. The Hall–Kier alpha value is -3.74. The van der Waals surface area contributed by atoms with Crippen LogP contribution in [0.25, 0.3) is 0 Å². The number of urea groups is 1. The summed E-state index contributed by atoms with van der Waals surface area (Å²) in [6, 6.07) is 18.0. The molecule has 0 saturated carbocycles. The van der Waals surface area contributed by atoms with Gasteiger partial charge in [-0.1, -0.05) is 30.3 Å². The van der Waals surface area contributed by atoms with Crippen molar-refractivity contribution in [2.75, 3.05) is 22.2 Å². The number of anilines is 3. The molecule has 26 heavy (non-hydrogen) atoms. The Morgan fingerprint density at radius 1 is 0.885 bits per heavy atom. The number of amides is 2. The molecular formula is C19H16N6O. The van der Waals surface area contributed by atoms with E-state index in [1.54, 1.807) is 35.5 Å². The molecule has 2 amide bonds. The summed E-state index contributed by atoms with van der Waals surface area (Å²) in [7, 11) is 0. The summed E-state index contributed by atoms with van der Waals surface area (Å²) in [6.45, 7) is 0.274. The summed E-state index contributed by atoms with van der Waals surface area (Å²) in [4.78, 5) is 23.3. The molecule has 0 atom stereocenters. The van der Waals surface area contributed by atoms with Crippen molar-refractivity contribution < 1.29 is 4.79 Å². The van der Waals surface area contributed by atoms with Gasteiger partial charge >= 0.3 is 6.03 Å². The minimum Gasteiger partial charge on any atom is -0.397 e. The molecule has 3 aromatic rings. The van der Waals surface area contributed by atoms with Crippen molar-refractivity contribution in [1.29, 1.82) is 0 Å². The summed E-state index contributed by atoms with van der Waals surface area (Å²) < 4.78 is 0. The number of para-hydroxylation sites is 3.